The molecule has 3 aromatic rings. The van der Waals surface area contributed by atoms with Crippen LogP contribution in [0.15, 0.2) is 77.7 Å². The molecule has 3 rings (SSSR count). The molecule has 0 saturated heterocycles. The van der Waals surface area contributed by atoms with Crippen molar-refractivity contribution in [2.24, 2.45) is 0 Å². The number of carbonyl (C=O) groups excluding carboxylic acids is 1. The van der Waals surface area contributed by atoms with Crippen molar-refractivity contribution < 1.29 is 34.8 Å². The van der Waals surface area contributed by atoms with Gasteiger partial charge >= 0.3 is 6.18 Å². The van der Waals surface area contributed by atoms with Crippen molar-refractivity contribution in [2.75, 3.05) is 27.1 Å². The van der Waals surface area contributed by atoms with Gasteiger partial charge in [-0.3, -0.25) is 13.8 Å². The molecule has 0 spiro atoms. The van der Waals surface area contributed by atoms with E-state index in [1.165, 1.54) is 30.3 Å². The number of nitrogens with one attached hydrogen (secondary N) is 2. The molecule has 0 saturated carbocycles. The predicted molar refractivity (Wildman–Crippen MR) is 131 cm³/mol. The Labute approximate surface area is 210 Å². The first-order chi connectivity index (χ1) is 16.7. The van der Waals surface area contributed by atoms with E-state index in [9.17, 15) is 34.8 Å². The highest BCUT2D eigenvalue weighted by Gasteiger charge is 2.31. The first-order valence-corrected chi connectivity index (χ1v) is 13.7. The van der Waals surface area contributed by atoms with Crippen molar-refractivity contribution in [1.29, 1.82) is 0 Å². The minimum atomic E-state index is -4.64. The van der Waals surface area contributed by atoms with Crippen LogP contribution >= 0.6 is 11.6 Å². The van der Waals surface area contributed by atoms with Gasteiger partial charge in [0, 0.05) is 11.4 Å². The average molecular weight is 562 g/mol. The van der Waals surface area contributed by atoms with Crippen LogP contribution in [-0.2, 0) is 31.0 Å². The summed E-state index contributed by atoms with van der Waals surface area (Å²) in [5.74, 6) is -0.724. The maximum absolute atomic E-state index is 12.9. The van der Waals surface area contributed by atoms with E-state index in [1.807, 2.05) is 0 Å². The van der Waals surface area contributed by atoms with E-state index in [0.717, 1.165) is 34.8 Å². The van der Waals surface area contributed by atoms with Crippen LogP contribution in [0, 0.1) is 0 Å². The summed E-state index contributed by atoms with van der Waals surface area (Å²) in [6.07, 6.45) is -3.72. The lowest BCUT2D eigenvalue weighted by molar-refractivity contribution is -0.137. The van der Waals surface area contributed by atoms with Crippen molar-refractivity contribution >= 4 is 54.6 Å². The number of hydrogen-bond acceptors (Lipinski definition) is 5. The third kappa shape index (κ3) is 6.89. The Hall–Kier alpha value is -3.29. The number of alkyl halides is 3. The molecule has 14 heteroatoms. The standard InChI is InChI=1S/C22H19ClF3N3O5S2/c1-35(31,32)29(20-8-3-2-7-19(20)23)14-21(30)27-16-9-11-18(12-10-16)36(33,34)28-17-6-4-5-15(13-17)22(24,25)26/h2-13,28H,14H2,1H3,(H,27,30). The van der Waals surface area contributed by atoms with E-state index in [1.54, 1.807) is 12.1 Å². The third-order valence-electron chi connectivity index (χ3n) is 4.70. The van der Waals surface area contributed by atoms with Crippen LogP contribution in [0.2, 0.25) is 5.02 Å². The van der Waals surface area contributed by atoms with E-state index in [4.69, 9.17) is 11.6 Å². The summed E-state index contributed by atoms with van der Waals surface area (Å²) in [5.41, 5.74) is -1.02. The highest BCUT2D eigenvalue weighted by molar-refractivity contribution is 7.92. The van der Waals surface area contributed by atoms with Crippen LogP contribution < -0.4 is 14.3 Å². The lowest BCUT2D eigenvalue weighted by Gasteiger charge is -2.22. The van der Waals surface area contributed by atoms with Gasteiger partial charge in [-0.05, 0) is 54.6 Å². The highest BCUT2D eigenvalue weighted by atomic mass is 35.5. The number of rotatable bonds is 8. The van der Waals surface area contributed by atoms with E-state index in [-0.39, 0.29) is 27.0 Å². The first kappa shape index (κ1) is 27.3. The predicted octanol–water partition coefficient (Wildman–Crippen LogP) is 4.56. The molecule has 0 aliphatic rings. The van der Waals surface area contributed by atoms with Gasteiger partial charge in [0.1, 0.15) is 6.54 Å². The van der Waals surface area contributed by atoms with Gasteiger partial charge in [0.2, 0.25) is 15.9 Å². The zero-order chi connectivity index (χ0) is 26.7. The molecule has 0 atom stereocenters. The summed E-state index contributed by atoms with van der Waals surface area (Å²) < 4.78 is 91.1. The molecule has 2 N–H and O–H groups in total. The zero-order valence-corrected chi connectivity index (χ0v) is 20.8. The number of sulfonamides is 2. The highest BCUT2D eigenvalue weighted by Crippen LogP contribution is 2.31. The number of nitrogens with zero attached hydrogens (tertiary/aromatic N) is 1. The van der Waals surface area contributed by atoms with Crippen molar-refractivity contribution in [3.8, 4) is 0 Å². The molecule has 3 aromatic carbocycles. The first-order valence-electron chi connectivity index (χ1n) is 9.99. The van der Waals surface area contributed by atoms with Crippen LogP contribution in [0.3, 0.4) is 0 Å². The van der Waals surface area contributed by atoms with Gasteiger partial charge in [-0.1, -0.05) is 29.8 Å². The summed E-state index contributed by atoms with van der Waals surface area (Å²) >= 11 is 6.06. The number of para-hydroxylation sites is 1. The number of halogens is 4. The molecule has 0 aromatic heterocycles. The molecule has 36 heavy (non-hydrogen) atoms. The molecular weight excluding hydrogens is 543 g/mol. The second-order valence-electron chi connectivity index (χ2n) is 7.48. The molecule has 192 valence electrons. The number of carbonyl (C=O) groups is 1. The van der Waals surface area contributed by atoms with Crippen LogP contribution in [0.1, 0.15) is 5.56 Å². The Morgan fingerprint density at radius 1 is 0.917 bits per heavy atom. The lowest BCUT2D eigenvalue weighted by Crippen LogP contribution is -2.37. The van der Waals surface area contributed by atoms with Crippen LogP contribution in [0.25, 0.3) is 0 Å². The molecule has 0 aliphatic heterocycles. The Balaban J connectivity index is 1.73. The Bertz CT molecular complexity index is 1480. The van der Waals surface area contributed by atoms with Gasteiger partial charge in [-0.15, -0.1) is 0 Å². The summed E-state index contributed by atoms with van der Waals surface area (Å²) in [5, 5.41) is 2.58. The number of benzene rings is 3. The van der Waals surface area contributed by atoms with Crippen molar-refractivity contribution in [1.82, 2.24) is 0 Å². The van der Waals surface area contributed by atoms with Gasteiger partial charge < -0.3 is 5.32 Å². The number of hydrogen-bond donors (Lipinski definition) is 2. The lowest BCUT2D eigenvalue weighted by atomic mass is 10.2. The van der Waals surface area contributed by atoms with Crippen molar-refractivity contribution in [3.63, 3.8) is 0 Å². The molecule has 0 unspecified atom stereocenters. The van der Waals surface area contributed by atoms with Gasteiger partial charge in [0.15, 0.2) is 0 Å². The molecule has 8 nitrogen and oxygen atoms in total. The minimum Gasteiger partial charge on any atom is -0.325 e. The van der Waals surface area contributed by atoms with Crippen molar-refractivity contribution in [3.05, 3.63) is 83.4 Å². The fraction of sp³-hybridized carbons (Fsp3) is 0.136. The second-order valence-corrected chi connectivity index (χ2v) is 11.5. The Kier molecular flexibility index (Phi) is 7.86. The van der Waals surface area contributed by atoms with Gasteiger partial charge in [-0.25, -0.2) is 16.8 Å². The summed E-state index contributed by atoms with van der Waals surface area (Å²) in [6.45, 7) is -0.598. The van der Waals surface area contributed by atoms with E-state index >= 15 is 0 Å². The van der Waals surface area contributed by atoms with E-state index in [2.05, 4.69) is 10.0 Å². The largest absolute Gasteiger partial charge is 0.416 e. The van der Waals surface area contributed by atoms with E-state index < -0.39 is 44.2 Å². The fourth-order valence-corrected chi connectivity index (χ4v) is 5.26. The summed E-state index contributed by atoms with van der Waals surface area (Å²) in [4.78, 5) is 12.2. The molecule has 0 heterocycles. The zero-order valence-electron chi connectivity index (χ0n) is 18.5. The molecule has 1 amide bonds. The smallest absolute Gasteiger partial charge is 0.325 e. The maximum Gasteiger partial charge on any atom is 0.416 e. The van der Waals surface area contributed by atoms with Crippen LogP contribution in [0.5, 0.6) is 0 Å². The van der Waals surface area contributed by atoms with Gasteiger partial charge in [0.05, 0.1) is 27.4 Å². The van der Waals surface area contributed by atoms with E-state index in [0.29, 0.717) is 6.07 Å². The molecular formula is C22H19ClF3N3O5S2. The number of amides is 1. The normalized spacial score (nSPS) is 12.1. The molecule has 0 fully saturated rings. The molecule has 0 aliphatic carbocycles. The molecule has 0 radical (unpaired) electrons. The topological polar surface area (TPSA) is 113 Å². The average Bonchev–Trinajstić information content (AvgIpc) is 2.77. The third-order valence-corrected chi connectivity index (χ3v) is 7.54. The van der Waals surface area contributed by atoms with Crippen LogP contribution in [-0.4, -0.2) is 35.5 Å². The van der Waals surface area contributed by atoms with Crippen molar-refractivity contribution in [2.45, 2.75) is 11.1 Å². The molecule has 0 bridgehead atoms. The monoisotopic (exact) mass is 561 g/mol. The maximum atomic E-state index is 12.9. The Morgan fingerprint density at radius 2 is 1.56 bits per heavy atom. The second kappa shape index (κ2) is 10.4. The SMILES string of the molecule is CS(=O)(=O)N(CC(=O)Nc1ccc(S(=O)(=O)Nc2cccc(C(F)(F)F)c2)cc1)c1ccccc1Cl. The van der Waals surface area contributed by atoms with Gasteiger partial charge in [-0.2, -0.15) is 13.2 Å². The summed E-state index contributed by atoms with van der Waals surface area (Å²) in [7, 11) is -8.10. The quantitative estimate of drug-likeness (QED) is 0.418. The fourth-order valence-electron chi connectivity index (χ4n) is 3.06. The number of anilines is 3. The minimum absolute atomic E-state index is 0.110. The summed E-state index contributed by atoms with van der Waals surface area (Å²) in [6, 6.07) is 14.6. The van der Waals surface area contributed by atoms with Crippen LogP contribution in [0.4, 0.5) is 30.2 Å². The Morgan fingerprint density at radius 3 is 2.14 bits per heavy atom. The van der Waals surface area contributed by atoms with Gasteiger partial charge in [0.25, 0.3) is 10.0 Å².